The lowest BCUT2D eigenvalue weighted by atomic mass is 9.88. The van der Waals surface area contributed by atoms with Gasteiger partial charge in [-0.1, -0.05) is 19.3 Å². The molecule has 1 aliphatic carbocycles. The van der Waals surface area contributed by atoms with Crippen LogP contribution in [0.5, 0.6) is 0 Å². The summed E-state index contributed by atoms with van der Waals surface area (Å²) in [5.74, 6) is 0.855. The van der Waals surface area contributed by atoms with Crippen LogP contribution in [0.2, 0.25) is 0 Å². The summed E-state index contributed by atoms with van der Waals surface area (Å²) in [4.78, 5) is 1.58. The molecule has 66 valence electrons. The highest BCUT2D eigenvalue weighted by molar-refractivity contribution is 9.10. The number of halogens is 1. The standard InChI is InChI=1S/C10H13BrS/c11-9-6-7-12-10(9)8-4-2-1-3-5-8/h6-8H,1-5H2. The van der Waals surface area contributed by atoms with Crippen molar-refractivity contribution in [3.63, 3.8) is 0 Å². The molecule has 0 N–H and O–H groups in total. The van der Waals surface area contributed by atoms with Crippen LogP contribution < -0.4 is 0 Å². The Kier molecular flexibility index (Phi) is 2.87. The number of hydrogen-bond acceptors (Lipinski definition) is 1. The average molecular weight is 245 g/mol. The Morgan fingerprint density at radius 1 is 1.25 bits per heavy atom. The van der Waals surface area contributed by atoms with Crippen LogP contribution in [0, 0.1) is 0 Å². The topological polar surface area (TPSA) is 0 Å². The lowest BCUT2D eigenvalue weighted by Gasteiger charge is -2.20. The van der Waals surface area contributed by atoms with Crippen molar-refractivity contribution in [1.29, 1.82) is 0 Å². The molecule has 0 nitrogen and oxygen atoms in total. The molecule has 0 bridgehead atoms. The molecule has 0 radical (unpaired) electrons. The molecule has 1 saturated carbocycles. The molecule has 0 aromatic carbocycles. The van der Waals surface area contributed by atoms with Crippen LogP contribution in [0.1, 0.15) is 42.9 Å². The van der Waals surface area contributed by atoms with E-state index in [0.29, 0.717) is 0 Å². The number of rotatable bonds is 1. The first-order valence-electron chi connectivity index (χ1n) is 4.61. The zero-order valence-electron chi connectivity index (χ0n) is 7.05. The van der Waals surface area contributed by atoms with E-state index in [9.17, 15) is 0 Å². The Hall–Kier alpha value is 0.180. The Balaban J connectivity index is 2.13. The predicted octanol–water partition coefficient (Wildman–Crippen LogP) is 4.56. The van der Waals surface area contributed by atoms with Gasteiger partial charge in [-0.25, -0.2) is 0 Å². The summed E-state index contributed by atoms with van der Waals surface area (Å²) in [6.45, 7) is 0. The second-order valence-corrected chi connectivity index (χ2v) is 5.27. The molecule has 1 aromatic rings. The van der Waals surface area contributed by atoms with E-state index in [2.05, 4.69) is 27.4 Å². The molecule has 2 rings (SSSR count). The first kappa shape index (κ1) is 8.76. The molecule has 1 aliphatic rings. The van der Waals surface area contributed by atoms with E-state index >= 15 is 0 Å². The molecule has 0 spiro atoms. The highest BCUT2D eigenvalue weighted by Crippen LogP contribution is 2.39. The monoisotopic (exact) mass is 244 g/mol. The van der Waals surface area contributed by atoms with Gasteiger partial charge in [0.1, 0.15) is 0 Å². The van der Waals surface area contributed by atoms with Crippen LogP contribution in [-0.4, -0.2) is 0 Å². The molecule has 1 fully saturated rings. The molecule has 0 aliphatic heterocycles. The Bertz CT molecular complexity index is 248. The van der Waals surface area contributed by atoms with E-state index in [-0.39, 0.29) is 0 Å². The van der Waals surface area contributed by atoms with Gasteiger partial charge in [0.05, 0.1) is 0 Å². The lowest BCUT2D eigenvalue weighted by molar-refractivity contribution is 0.447. The van der Waals surface area contributed by atoms with Crippen LogP contribution in [0.25, 0.3) is 0 Å². The minimum Gasteiger partial charge on any atom is -0.147 e. The van der Waals surface area contributed by atoms with Crippen molar-refractivity contribution in [3.05, 3.63) is 20.8 Å². The summed E-state index contributed by atoms with van der Waals surface area (Å²) in [7, 11) is 0. The van der Waals surface area contributed by atoms with Crippen LogP contribution in [0.4, 0.5) is 0 Å². The van der Waals surface area contributed by atoms with Gasteiger partial charge in [0.2, 0.25) is 0 Å². The van der Waals surface area contributed by atoms with E-state index in [1.165, 1.54) is 36.6 Å². The third-order valence-electron chi connectivity index (χ3n) is 2.62. The van der Waals surface area contributed by atoms with E-state index < -0.39 is 0 Å². The van der Waals surface area contributed by atoms with Crippen molar-refractivity contribution in [2.45, 2.75) is 38.0 Å². The predicted molar refractivity (Wildman–Crippen MR) is 57.8 cm³/mol. The summed E-state index contributed by atoms with van der Waals surface area (Å²) in [6.07, 6.45) is 7.10. The summed E-state index contributed by atoms with van der Waals surface area (Å²) in [5, 5.41) is 2.19. The zero-order chi connectivity index (χ0) is 8.39. The van der Waals surface area contributed by atoms with E-state index in [4.69, 9.17) is 0 Å². The van der Waals surface area contributed by atoms with Crippen molar-refractivity contribution in [2.24, 2.45) is 0 Å². The fraction of sp³-hybridized carbons (Fsp3) is 0.600. The second kappa shape index (κ2) is 3.93. The molecular weight excluding hydrogens is 232 g/mol. The van der Waals surface area contributed by atoms with Gasteiger partial charge in [-0.15, -0.1) is 11.3 Å². The minimum atomic E-state index is 0.855. The fourth-order valence-corrected chi connectivity index (χ4v) is 3.83. The van der Waals surface area contributed by atoms with E-state index in [1.54, 1.807) is 4.88 Å². The summed E-state index contributed by atoms with van der Waals surface area (Å²) in [5.41, 5.74) is 0. The molecule has 12 heavy (non-hydrogen) atoms. The first-order valence-corrected chi connectivity index (χ1v) is 6.28. The molecule has 0 amide bonds. The highest BCUT2D eigenvalue weighted by Gasteiger charge is 2.18. The number of thiophene rings is 1. The van der Waals surface area contributed by atoms with Gasteiger partial charge in [0.25, 0.3) is 0 Å². The maximum Gasteiger partial charge on any atom is 0.0317 e. The largest absolute Gasteiger partial charge is 0.147 e. The third-order valence-corrected chi connectivity index (χ3v) is 4.65. The molecular formula is C10H13BrS. The van der Waals surface area contributed by atoms with Crippen molar-refractivity contribution in [1.82, 2.24) is 0 Å². The van der Waals surface area contributed by atoms with Crippen molar-refractivity contribution < 1.29 is 0 Å². The molecule has 1 aromatic heterocycles. The van der Waals surface area contributed by atoms with Gasteiger partial charge >= 0.3 is 0 Å². The molecule has 0 unspecified atom stereocenters. The zero-order valence-corrected chi connectivity index (χ0v) is 9.46. The summed E-state index contributed by atoms with van der Waals surface area (Å²) < 4.78 is 1.33. The van der Waals surface area contributed by atoms with E-state index in [1.807, 2.05) is 11.3 Å². The first-order chi connectivity index (χ1) is 5.88. The fourth-order valence-electron chi connectivity index (χ4n) is 1.96. The maximum atomic E-state index is 3.61. The molecule has 0 saturated heterocycles. The van der Waals surface area contributed by atoms with Gasteiger partial charge in [-0.2, -0.15) is 0 Å². The van der Waals surface area contributed by atoms with Crippen LogP contribution >= 0.6 is 27.3 Å². The quantitative estimate of drug-likeness (QED) is 0.680. The minimum absolute atomic E-state index is 0.855. The maximum absolute atomic E-state index is 3.61. The van der Waals surface area contributed by atoms with Crippen molar-refractivity contribution >= 4 is 27.3 Å². The summed E-state index contributed by atoms with van der Waals surface area (Å²) in [6, 6.07) is 2.18. The van der Waals surface area contributed by atoms with Gasteiger partial charge in [-0.05, 0) is 46.1 Å². The highest BCUT2D eigenvalue weighted by atomic mass is 79.9. The van der Waals surface area contributed by atoms with Gasteiger partial charge in [0.15, 0.2) is 0 Å². The van der Waals surface area contributed by atoms with Crippen LogP contribution in [0.15, 0.2) is 15.9 Å². The van der Waals surface area contributed by atoms with Gasteiger partial charge in [-0.3, -0.25) is 0 Å². The smallest absolute Gasteiger partial charge is 0.0317 e. The van der Waals surface area contributed by atoms with Gasteiger partial charge < -0.3 is 0 Å². The second-order valence-electron chi connectivity index (χ2n) is 3.47. The van der Waals surface area contributed by atoms with Crippen molar-refractivity contribution in [2.75, 3.05) is 0 Å². The van der Waals surface area contributed by atoms with Crippen LogP contribution in [-0.2, 0) is 0 Å². The Labute approximate surface area is 86.1 Å². The molecule has 2 heteroatoms. The molecule has 0 atom stereocenters. The Morgan fingerprint density at radius 3 is 2.58 bits per heavy atom. The summed E-state index contributed by atoms with van der Waals surface area (Å²) >= 11 is 5.52. The Morgan fingerprint density at radius 2 is 2.00 bits per heavy atom. The molecule has 1 heterocycles. The number of hydrogen-bond donors (Lipinski definition) is 0. The average Bonchev–Trinajstić information content (AvgIpc) is 2.53. The lowest BCUT2D eigenvalue weighted by Crippen LogP contribution is -2.02. The SMILES string of the molecule is Brc1ccsc1C1CCCCC1. The third kappa shape index (κ3) is 1.74. The van der Waals surface area contributed by atoms with Gasteiger partial charge in [0, 0.05) is 9.35 Å². The normalized spacial score (nSPS) is 19.8. The van der Waals surface area contributed by atoms with E-state index in [0.717, 1.165) is 5.92 Å². The van der Waals surface area contributed by atoms with Crippen LogP contribution in [0.3, 0.4) is 0 Å². The van der Waals surface area contributed by atoms with Crippen molar-refractivity contribution in [3.8, 4) is 0 Å².